The largest absolute Gasteiger partial charge is 0.459 e. The third kappa shape index (κ3) is 1.68. The lowest BCUT2D eigenvalue weighted by molar-refractivity contribution is -0.161. The molecule has 0 aromatic heterocycles. The number of esters is 1. The summed E-state index contributed by atoms with van der Waals surface area (Å²) >= 11 is 0. The van der Waals surface area contributed by atoms with Gasteiger partial charge in [-0.3, -0.25) is 4.79 Å². The fourth-order valence-electron chi connectivity index (χ4n) is 4.18. The Morgan fingerprint density at radius 1 is 1.40 bits per heavy atom. The minimum Gasteiger partial charge on any atom is -0.459 e. The highest BCUT2D eigenvalue weighted by molar-refractivity contribution is 5.66. The summed E-state index contributed by atoms with van der Waals surface area (Å²) in [6.07, 6.45) is 3.67. The van der Waals surface area contributed by atoms with E-state index in [1.165, 1.54) is 19.8 Å². The molecular formula is C13H22O2. The molecule has 0 aromatic rings. The first-order chi connectivity index (χ1) is 6.94. The Balaban J connectivity index is 2.16. The maximum absolute atomic E-state index is 11.1. The molecule has 0 N–H and O–H groups in total. The molecule has 0 heterocycles. The highest BCUT2D eigenvalue weighted by Crippen LogP contribution is 2.58. The predicted octanol–water partition coefficient (Wildman–Crippen LogP) is 3.01. The minimum atomic E-state index is -0.163. The van der Waals surface area contributed by atoms with Crippen molar-refractivity contribution in [2.24, 2.45) is 23.7 Å². The van der Waals surface area contributed by atoms with Crippen molar-refractivity contribution >= 4 is 5.97 Å². The lowest BCUT2D eigenvalue weighted by atomic mass is 9.82. The van der Waals surface area contributed by atoms with Crippen LogP contribution in [0.25, 0.3) is 0 Å². The van der Waals surface area contributed by atoms with Crippen LogP contribution >= 0.6 is 0 Å². The van der Waals surface area contributed by atoms with Gasteiger partial charge in [0.2, 0.25) is 0 Å². The van der Waals surface area contributed by atoms with Crippen LogP contribution in [0.1, 0.15) is 47.0 Å². The summed E-state index contributed by atoms with van der Waals surface area (Å²) in [6, 6.07) is 0. The van der Waals surface area contributed by atoms with Gasteiger partial charge in [0, 0.05) is 12.8 Å². The van der Waals surface area contributed by atoms with E-state index in [1.807, 2.05) is 0 Å². The standard InChI is InChI=1S/C13H22O2/c1-8(2)12-10-5-6-11(12)13(4,7-10)15-9(3)14/h8,10-12H,5-7H2,1-4H3. The average molecular weight is 210 g/mol. The van der Waals surface area contributed by atoms with Gasteiger partial charge < -0.3 is 4.74 Å². The number of hydrogen-bond donors (Lipinski definition) is 0. The van der Waals surface area contributed by atoms with E-state index in [2.05, 4.69) is 20.8 Å². The second-order valence-corrected chi connectivity index (χ2v) is 5.88. The summed E-state index contributed by atoms with van der Waals surface area (Å²) in [5.41, 5.74) is -0.163. The van der Waals surface area contributed by atoms with E-state index in [1.54, 1.807) is 0 Å². The zero-order valence-corrected chi connectivity index (χ0v) is 10.2. The summed E-state index contributed by atoms with van der Waals surface area (Å²) in [5, 5.41) is 0. The molecule has 0 aromatic carbocycles. The Kier molecular flexibility index (Phi) is 2.56. The minimum absolute atomic E-state index is 0.118. The van der Waals surface area contributed by atoms with E-state index < -0.39 is 0 Å². The summed E-state index contributed by atoms with van der Waals surface area (Å²) in [4.78, 5) is 11.1. The molecular weight excluding hydrogens is 188 g/mol. The van der Waals surface area contributed by atoms with Crippen LogP contribution in [-0.2, 0) is 9.53 Å². The molecule has 4 atom stereocenters. The maximum Gasteiger partial charge on any atom is 0.303 e. The number of ether oxygens (including phenoxy) is 1. The normalized spacial score (nSPS) is 43.7. The number of hydrogen-bond acceptors (Lipinski definition) is 2. The fourth-order valence-corrected chi connectivity index (χ4v) is 4.18. The molecule has 2 rings (SSSR count). The van der Waals surface area contributed by atoms with Gasteiger partial charge in [0.1, 0.15) is 5.60 Å². The van der Waals surface area contributed by atoms with Crippen molar-refractivity contribution in [2.45, 2.75) is 52.6 Å². The van der Waals surface area contributed by atoms with Gasteiger partial charge in [-0.25, -0.2) is 0 Å². The number of rotatable bonds is 2. The van der Waals surface area contributed by atoms with Crippen LogP contribution in [0.15, 0.2) is 0 Å². The van der Waals surface area contributed by atoms with Crippen molar-refractivity contribution in [3.63, 3.8) is 0 Å². The predicted molar refractivity (Wildman–Crippen MR) is 59.3 cm³/mol. The Labute approximate surface area is 92.4 Å². The number of carbonyl (C=O) groups is 1. The van der Waals surface area contributed by atoms with Crippen molar-refractivity contribution < 1.29 is 9.53 Å². The van der Waals surface area contributed by atoms with Gasteiger partial charge in [-0.1, -0.05) is 13.8 Å². The monoisotopic (exact) mass is 210 g/mol. The lowest BCUT2D eigenvalue weighted by Gasteiger charge is -2.34. The van der Waals surface area contributed by atoms with Gasteiger partial charge in [0.25, 0.3) is 0 Å². The van der Waals surface area contributed by atoms with Crippen molar-refractivity contribution in [1.29, 1.82) is 0 Å². The molecule has 86 valence electrons. The summed E-state index contributed by atoms with van der Waals surface area (Å²) in [7, 11) is 0. The topological polar surface area (TPSA) is 26.3 Å². The van der Waals surface area contributed by atoms with Crippen LogP contribution in [0, 0.1) is 23.7 Å². The van der Waals surface area contributed by atoms with E-state index in [-0.39, 0.29) is 11.6 Å². The molecule has 2 aliphatic carbocycles. The fraction of sp³-hybridized carbons (Fsp3) is 0.923. The van der Waals surface area contributed by atoms with Crippen LogP contribution in [0.3, 0.4) is 0 Å². The van der Waals surface area contributed by atoms with Gasteiger partial charge in [0.15, 0.2) is 0 Å². The first-order valence-electron chi connectivity index (χ1n) is 6.13. The Morgan fingerprint density at radius 2 is 2.07 bits per heavy atom. The molecule has 0 radical (unpaired) electrons. The van der Waals surface area contributed by atoms with Gasteiger partial charge in [-0.15, -0.1) is 0 Å². The van der Waals surface area contributed by atoms with Crippen LogP contribution in [0.5, 0.6) is 0 Å². The molecule has 0 amide bonds. The van der Waals surface area contributed by atoms with E-state index in [9.17, 15) is 4.79 Å². The summed E-state index contributed by atoms with van der Waals surface area (Å²) in [6.45, 7) is 8.26. The van der Waals surface area contributed by atoms with Crippen LogP contribution in [0.4, 0.5) is 0 Å². The lowest BCUT2D eigenvalue weighted by Crippen LogP contribution is -2.37. The van der Waals surface area contributed by atoms with Crippen LogP contribution < -0.4 is 0 Å². The third-order valence-corrected chi connectivity index (χ3v) is 4.46. The zero-order valence-electron chi connectivity index (χ0n) is 10.2. The second-order valence-electron chi connectivity index (χ2n) is 5.88. The SMILES string of the molecule is CC(=O)OC1(C)CC2CCC1C2C(C)C. The Bertz CT molecular complexity index is 272. The van der Waals surface area contributed by atoms with Crippen molar-refractivity contribution in [3.05, 3.63) is 0 Å². The quantitative estimate of drug-likeness (QED) is 0.655. The molecule has 15 heavy (non-hydrogen) atoms. The van der Waals surface area contributed by atoms with Gasteiger partial charge in [-0.2, -0.15) is 0 Å². The van der Waals surface area contributed by atoms with Crippen LogP contribution in [0.2, 0.25) is 0 Å². The maximum atomic E-state index is 11.1. The molecule has 0 saturated heterocycles. The molecule has 2 heteroatoms. The molecule has 2 bridgehead atoms. The van der Waals surface area contributed by atoms with Crippen molar-refractivity contribution in [3.8, 4) is 0 Å². The number of carbonyl (C=O) groups excluding carboxylic acids is 1. The van der Waals surface area contributed by atoms with Crippen LogP contribution in [-0.4, -0.2) is 11.6 Å². The van der Waals surface area contributed by atoms with E-state index in [0.717, 1.165) is 24.2 Å². The summed E-state index contributed by atoms with van der Waals surface area (Å²) in [5.74, 6) is 2.77. The first-order valence-corrected chi connectivity index (χ1v) is 6.13. The Morgan fingerprint density at radius 3 is 2.53 bits per heavy atom. The third-order valence-electron chi connectivity index (χ3n) is 4.46. The van der Waals surface area contributed by atoms with E-state index >= 15 is 0 Å². The average Bonchev–Trinajstić information content (AvgIpc) is 2.55. The van der Waals surface area contributed by atoms with Gasteiger partial charge in [-0.05, 0) is 43.9 Å². The smallest absolute Gasteiger partial charge is 0.303 e. The second kappa shape index (κ2) is 3.50. The molecule has 0 aliphatic heterocycles. The molecule has 2 saturated carbocycles. The number of fused-ring (bicyclic) bond motifs is 2. The molecule has 0 spiro atoms. The highest BCUT2D eigenvalue weighted by Gasteiger charge is 2.57. The highest BCUT2D eigenvalue weighted by atomic mass is 16.6. The zero-order chi connectivity index (χ0) is 11.2. The van der Waals surface area contributed by atoms with Crippen molar-refractivity contribution in [1.82, 2.24) is 0 Å². The molecule has 2 fully saturated rings. The molecule has 2 aliphatic rings. The Hall–Kier alpha value is -0.530. The summed E-state index contributed by atoms with van der Waals surface area (Å²) < 4.78 is 5.57. The van der Waals surface area contributed by atoms with E-state index in [0.29, 0.717) is 5.92 Å². The van der Waals surface area contributed by atoms with Gasteiger partial charge >= 0.3 is 5.97 Å². The van der Waals surface area contributed by atoms with Gasteiger partial charge in [0.05, 0.1) is 0 Å². The molecule has 2 nitrogen and oxygen atoms in total. The molecule has 4 unspecified atom stereocenters. The van der Waals surface area contributed by atoms with E-state index in [4.69, 9.17) is 4.74 Å². The first kappa shape index (κ1) is 11.0. The van der Waals surface area contributed by atoms with Crippen molar-refractivity contribution in [2.75, 3.05) is 0 Å².